The van der Waals surface area contributed by atoms with Crippen LogP contribution in [0.4, 0.5) is 5.69 Å². The van der Waals surface area contributed by atoms with Gasteiger partial charge < -0.3 is 9.72 Å². The van der Waals surface area contributed by atoms with Crippen LogP contribution in [-0.4, -0.2) is 28.0 Å². The van der Waals surface area contributed by atoms with Crippen molar-refractivity contribution in [2.24, 2.45) is 5.10 Å². The average Bonchev–Trinajstić information content (AvgIpc) is 3.35. The lowest BCUT2D eigenvalue weighted by Crippen LogP contribution is -2.19. The molecule has 4 aromatic carbocycles. The minimum absolute atomic E-state index is 0.137. The molecular formula is C29H18ClIN4O5. The Morgan fingerprint density at radius 3 is 2.45 bits per heavy atom. The van der Waals surface area contributed by atoms with E-state index < -0.39 is 16.8 Å². The normalized spacial score (nSPS) is 11.1. The molecule has 0 bridgehead atoms. The first-order valence-electron chi connectivity index (χ1n) is 11.8. The number of nitro groups is 1. The van der Waals surface area contributed by atoms with Gasteiger partial charge in [0.05, 0.1) is 22.2 Å². The minimum atomic E-state index is -0.697. The number of para-hydroxylation sites is 2. The first-order chi connectivity index (χ1) is 19.3. The minimum Gasteiger partial charge on any atom is -0.422 e. The van der Waals surface area contributed by atoms with Crippen LogP contribution in [0.15, 0.2) is 96.1 Å². The molecule has 5 aromatic rings. The molecule has 2 N–H and O–H groups in total. The SMILES string of the molecule is O=C(Oc1ccccc1C=NNC(=O)c1[nH]c2c(I)cccc2c1-c1ccccc1Cl)c1ccc([N+](=O)[O-])cc1. The van der Waals surface area contributed by atoms with Gasteiger partial charge >= 0.3 is 5.97 Å². The summed E-state index contributed by atoms with van der Waals surface area (Å²) in [5.41, 5.74) is 5.43. The third kappa shape index (κ3) is 5.58. The van der Waals surface area contributed by atoms with E-state index >= 15 is 0 Å². The first-order valence-corrected chi connectivity index (χ1v) is 13.2. The molecule has 1 aromatic heterocycles. The summed E-state index contributed by atoms with van der Waals surface area (Å²) in [7, 11) is 0. The van der Waals surface area contributed by atoms with E-state index in [2.05, 4.69) is 38.1 Å². The summed E-state index contributed by atoms with van der Waals surface area (Å²) in [5, 5.41) is 16.3. The number of H-pyrrole nitrogens is 1. The number of hydrogen-bond donors (Lipinski definition) is 2. The number of carbonyl (C=O) groups is 2. The molecule has 1 heterocycles. The molecule has 0 aliphatic heterocycles. The van der Waals surface area contributed by atoms with Crippen molar-refractivity contribution in [3.05, 3.63) is 127 Å². The Hall–Kier alpha value is -4.55. The van der Waals surface area contributed by atoms with Gasteiger partial charge in [0.1, 0.15) is 11.4 Å². The van der Waals surface area contributed by atoms with Gasteiger partial charge in [-0.25, -0.2) is 10.2 Å². The molecule has 11 heteroatoms. The second-order valence-corrected chi connectivity index (χ2v) is 10.0. The topological polar surface area (TPSA) is 127 Å². The Balaban J connectivity index is 1.39. The molecule has 0 saturated carbocycles. The largest absolute Gasteiger partial charge is 0.422 e. The summed E-state index contributed by atoms with van der Waals surface area (Å²) < 4.78 is 6.42. The first kappa shape index (κ1) is 27.0. The lowest BCUT2D eigenvalue weighted by molar-refractivity contribution is -0.384. The van der Waals surface area contributed by atoms with E-state index in [1.807, 2.05) is 36.4 Å². The number of nitrogens with zero attached hydrogens (tertiary/aromatic N) is 2. The molecule has 0 aliphatic carbocycles. The van der Waals surface area contributed by atoms with E-state index in [0.717, 1.165) is 14.5 Å². The van der Waals surface area contributed by atoms with Crippen molar-refractivity contribution < 1.29 is 19.2 Å². The Morgan fingerprint density at radius 1 is 0.975 bits per heavy atom. The lowest BCUT2D eigenvalue weighted by Gasteiger charge is -2.08. The predicted octanol–water partition coefficient (Wildman–Crippen LogP) is 6.98. The molecular weight excluding hydrogens is 647 g/mol. The number of rotatable bonds is 7. The van der Waals surface area contributed by atoms with Gasteiger partial charge in [-0.3, -0.25) is 14.9 Å². The monoisotopic (exact) mass is 664 g/mol. The average molecular weight is 665 g/mol. The number of nitro benzene ring substituents is 1. The molecule has 0 atom stereocenters. The maximum absolute atomic E-state index is 13.3. The molecule has 0 aliphatic rings. The van der Waals surface area contributed by atoms with Crippen molar-refractivity contribution >= 4 is 68.9 Å². The van der Waals surface area contributed by atoms with Gasteiger partial charge in [0, 0.05) is 42.8 Å². The molecule has 40 heavy (non-hydrogen) atoms. The number of nitrogens with one attached hydrogen (secondary N) is 2. The summed E-state index contributed by atoms with van der Waals surface area (Å²) in [6, 6.07) is 24.8. The quantitative estimate of drug-likeness (QED) is 0.0485. The van der Waals surface area contributed by atoms with Crippen LogP contribution in [0.1, 0.15) is 26.4 Å². The van der Waals surface area contributed by atoms with Crippen LogP contribution < -0.4 is 10.2 Å². The van der Waals surface area contributed by atoms with Crippen molar-refractivity contribution in [1.29, 1.82) is 0 Å². The summed E-state index contributed by atoms with van der Waals surface area (Å²) in [5.74, 6) is -0.990. The molecule has 0 saturated heterocycles. The standard InChI is InChI=1S/C29H18ClIN4O5/c30-22-9-3-2-7-20(22)25-21-8-5-10-23(31)26(21)33-27(25)28(36)34-32-16-18-6-1-4-11-24(18)40-29(37)17-12-14-19(15-13-17)35(38)39/h1-16,33H,(H,34,36). The number of benzene rings is 4. The molecule has 0 spiro atoms. The summed E-state index contributed by atoms with van der Waals surface area (Å²) in [6.45, 7) is 0. The van der Waals surface area contributed by atoms with Gasteiger partial charge in [-0.1, -0.05) is 54.1 Å². The van der Waals surface area contributed by atoms with E-state index in [1.54, 1.807) is 30.3 Å². The van der Waals surface area contributed by atoms with Gasteiger partial charge in [-0.2, -0.15) is 5.10 Å². The number of hydrazone groups is 1. The summed E-state index contributed by atoms with van der Waals surface area (Å²) in [4.78, 5) is 39.4. The number of ether oxygens (including phenoxy) is 1. The highest BCUT2D eigenvalue weighted by molar-refractivity contribution is 14.1. The number of non-ortho nitro benzene ring substituents is 1. The third-order valence-electron chi connectivity index (χ3n) is 5.96. The van der Waals surface area contributed by atoms with Crippen molar-refractivity contribution in [2.75, 3.05) is 0 Å². The highest BCUT2D eigenvalue weighted by Gasteiger charge is 2.22. The number of aromatic amines is 1. The number of fused-ring (bicyclic) bond motifs is 1. The van der Waals surface area contributed by atoms with E-state index in [9.17, 15) is 19.7 Å². The summed E-state index contributed by atoms with van der Waals surface area (Å²) in [6.07, 6.45) is 1.36. The molecule has 9 nitrogen and oxygen atoms in total. The lowest BCUT2D eigenvalue weighted by atomic mass is 10.0. The summed E-state index contributed by atoms with van der Waals surface area (Å²) >= 11 is 8.69. The number of carbonyl (C=O) groups excluding carboxylic acids is 2. The van der Waals surface area contributed by atoms with Crippen LogP contribution in [-0.2, 0) is 0 Å². The molecule has 1 amide bonds. The van der Waals surface area contributed by atoms with Gasteiger partial charge in [-0.05, 0) is 59.0 Å². The maximum Gasteiger partial charge on any atom is 0.343 e. The van der Waals surface area contributed by atoms with Crippen molar-refractivity contribution in [2.45, 2.75) is 0 Å². The highest BCUT2D eigenvalue weighted by Crippen LogP contribution is 2.37. The number of hydrogen-bond acceptors (Lipinski definition) is 6. The van der Waals surface area contributed by atoms with Crippen molar-refractivity contribution in [3.63, 3.8) is 0 Å². The smallest absolute Gasteiger partial charge is 0.343 e. The fourth-order valence-corrected chi connectivity index (χ4v) is 4.93. The fourth-order valence-electron chi connectivity index (χ4n) is 4.07. The zero-order valence-corrected chi connectivity index (χ0v) is 23.3. The molecule has 0 fully saturated rings. The van der Waals surface area contributed by atoms with Crippen molar-refractivity contribution in [1.82, 2.24) is 10.4 Å². The van der Waals surface area contributed by atoms with Crippen LogP contribution in [0.2, 0.25) is 5.02 Å². The van der Waals surface area contributed by atoms with Crippen LogP contribution in [0, 0.1) is 13.7 Å². The number of halogens is 2. The molecule has 5 rings (SSSR count). The zero-order valence-electron chi connectivity index (χ0n) is 20.4. The van der Waals surface area contributed by atoms with E-state index in [1.165, 1.54) is 30.5 Å². The van der Waals surface area contributed by atoms with Gasteiger partial charge in [0.15, 0.2) is 0 Å². The van der Waals surface area contributed by atoms with E-state index in [-0.39, 0.29) is 17.0 Å². The molecule has 198 valence electrons. The van der Waals surface area contributed by atoms with Crippen LogP contribution in [0.25, 0.3) is 22.0 Å². The Bertz CT molecular complexity index is 1800. The fraction of sp³-hybridized carbons (Fsp3) is 0. The number of amides is 1. The van der Waals surface area contributed by atoms with Gasteiger partial charge in [-0.15, -0.1) is 0 Å². The number of esters is 1. The Morgan fingerprint density at radius 2 is 1.70 bits per heavy atom. The Kier molecular flexibility index (Phi) is 7.89. The number of aromatic nitrogens is 1. The van der Waals surface area contributed by atoms with E-state index in [4.69, 9.17) is 16.3 Å². The second kappa shape index (κ2) is 11.7. The highest BCUT2D eigenvalue weighted by atomic mass is 127. The van der Waals surface area contributed by atoms with Gasteiger partial charge in [0.25, 0.3) is 11.6 Å². The molecule has 0 unspecified atom stereocenters. The van der Waals surface area contributed by atoms with E-state index in [0.29, 0.717) is 27.4 Å². The second-order valence-electron chi connectivity index (χ2n) is 8.45. The molecule has 0 radical (unpaired) electrons. The Labute approximate surface area is 246 Å². The van der Waals surface area contributed by atoms with Crippen LogP contribution in [0.5, 0.6) is 5.75 Å². The predicted molar refractivity (Wildman–Crippen MR) is 161 cm³/mol. The zero-order chi connectivity index (χ0) is 28.2. The van der Waals surface area contributed by atoms with Crippen molar-refractivity contribution in [3.8, 4) is 16.9 Å². The maximum atomic E-state index is 13.3. The van der Waals surface area contributed by atoms with Crippen LogP contribution >= 0.6 is 34.2 Å². The third-order valence-corrected chi connectivity index (χ3v) is 7.19. The van der Waals surface area contributed by atoms with Crippen LogP contribution in [0.3, 0.4) is 0 Å². The van der Waals surface area contributed by atoms with Gasteiger partial charge in [0.2, 0.25) is 0 Å².